The molecule has 0 amide bonds. The summed E-state index contributed by atoms with van der Waals surface area (Å²) < 4.78 is 11.0. The van der Waals surface area contributed by atoms with Gasteiger partial charge in [0.15, 0.2) is 0 Å². The monoisotopic (exact) mass is 284 g/mol. The van der Waals surface area contributed by atoms with Crippen molar-refractivity contribution in [1.29, 1.82) is 0 Å². The maximum atomic E-state index is 12.5. The number of ether oxygens (including phenoxy) is 2. The Hall–Kier alpha value is -0.650. The second-order valence-corrected chi connectivity index (χ2v) is 6.22. The Morgan fingerprint density at radius 2 is 2.20 bits per heavy atom. The minimum absolute atomic E-state index is 0.0895. The quantitative estimate of drug-likeness (QED) is 0.785. The van der Waals surface area contributed by atoms with E-state index in [-0.39, 0.29) is 12.1 Å². The van der Waals surface area contributed by atoms with E-state index in [4.69, 9.17) is 9.47 Å². The largest absolute Gasteiger partial charge is 0.468 e. The molecule has 5 nitrogen and oxygen atoms in total. The summed E-state index contributed by atoms with van der Waals surface area (Å²) in [6.07, 6.45) is 2.70. The maximum Gasteiger partial charge on any atom is 0.326 e. The lowest BCUT2D eigenvalue weighted by molar-refractivity contribution is -0.169. The van der Waals surface area contributed by atoms with Crippen LogP contribution in [0.15, 0.2) is 0 Å². The predicted octanol–water partition coefficient (Wildman–Crippen LogP) is 1.03. The van der Waals surface area contributed by atoms with Gasteiger partial charge in [-0.1, -0.05) is 13.8 Å². The number of esters is 1. The van der Waals surface area contributed by atoms with Crippen molar-refractivity contribution < 1.29 is 14.3 Å². The van der Waals surface area contributed by atoms with Crippen molar-refractivity contribution in [3.63, 3.8) is 0 Å². The van der Waals surface area contributed by atoms with Crippen molar-refractivity contribution in [2.24, 2.45) is 5.92 Å². The minimum atomic E-state index is -0.492. The minimum Gasteiger partial charge on any atom is -0.468 e. The van der Waals surface area contributed by atoms with Crippen molar-refractivity contribution in [3.05, 3.63) is 0 Å². The molecular formula is C15H28N2O3. The fraction of sp³-hybridized carbons (Fsp3) is 0.933. The number of hydrogen-bond acceptors (Lipinski definition) is 5. The van der Waals surface area contributed by atoms with Crippen molar-refractivity contribution >= 4 is 5.97 Å². The fourth-order valence-electron chi connectivity index (χ4n) is 3.37. The standard InChI is InChI=1S/C15H28N2O3/c1-12(2)13-11-15(5-10-20-13,14(18)19-3)17-8-4-6-16-7-9-17/h12-13,16H,4-11H2,1-3H3. The lowest BCUT2D eigenvalue weighted by Gasteiger charge is -2.46. The van der Waals surface area contributed by atoms with Gasteiger partial charge in [0.2, 0.25) is 0 Å². The van der Waals surface area contributed by atoms with Crippen LogP contribution < -0.4 is 5.32 Å². The smallest absolute Gasteiger partial charge is 0.326 e. The SMILES string of the molecule is COC(=O)C1(N2CCCNCC2)CCOC(C(C)C)C1. The number of methoxy groups -OCH3 is 1. The Kier molecular flexibility index (Phi) is 5.41. The maximum absolute atomic E-state index is 12.5. The summed E-state index contributed by atoms with van der Waals surface area (Å²) in [7, 11) is 1.50. The normalized spacial score (nSPS) is 32.9. The van der Waals surface area contributed by atoms with E-state index in [0.717, 1.165) is 45.4 Å². The van der Waals surface area contributed by atoms with E-state index in [1.807, 2.05) is 0 Å². The van der Waals surface area contributed by atoms with Crippen molar-refractivity contribution in [2.45, 2.75) is 44.8 Å². The van der Waals surface area contributed by atoms with Crippen LogP contribution in [0.3, 0.4) is 0 Å². The zero-order chi connectivity index (χ0) is 14.6. The Morgan fingerprint density at radius 1 is 1.40 bits per heavy atom. The van der Waals surface area contributed by atoms with Crippen LogP contribution >= 0.6 is 0 Å². The van der Waals surface area contributed by atoms with Crippen LogP contribution in [0.25, 0.3) is 0 Å². The molecule has 0 aromatic rings. The molecule has 2 heterocycles. The first-order valence-corrected chi connectivity index (χ1v) is 7.76. The van der Waals surface area contributed by atoms with E-state index in [2.05, 4.69) is 24.1 Å². The average molecular weight is 284 g/mol. The van der Waals surface area contributed by atoms with Gasteiger partial charge in [0.05, 0.1) is 13.2 Å². The Labute approximate surface area is 122 Å². The zero-order valence-electron chi connectivity index (χ0n) is 13.0. The van der Waals surface area contributed by atoms with Gasteiger partial charge in [0.1, 0.15) is 5.54 Å². The Balaban J connectivity index is 2.22. The molecule has 0 aromatic heterocycles. The number of nitrogens with zero attached hydrogens (tertiary/aromatic N) is 1. The second-order valence-electron chi connectivity index (χ2n) is 6.22. The summed E-state index contributed by atoms with van der Waals surface area (Å²) in [5.41, 5.74) is -0.492. The molecule has 2 atom stereocenters. The van der Waals surface area contributed by atoms with Gasteiger partial charge in [-0.3, -0.25) is 9.69 Å². The third-order valence-corrected chi connectivity index (χ3v) is 4.64. The molecule has 0 radical (unpaired) electrons. The van der Waals surface area contributed by atoms with Gasteiger partial charge in [-0.2, -0.15) is 0 Å². The molecule has 0 spiro atoms. The molecule has 0 aliphatic carbocycles. The Bertz CT molecular complexity index is 327. The fourth-order valence-corrected chi connectivity index (χ4v) is 3.37. The van der Waals surface area contributed by atoms with Crippen LogP contribution in [0.1, 0.15) is 33.1 Å². The van der Waals surface area contributed by atoms with Crippen molar-refractivity contribution in [2.75, 3.05) is 39.9 Å². The highest BCUT2D eigenvalue weighted by Gasteiger charge is 2.49. The summed E-state index contributed by atoms with van der Waals surface area (Å²) in [5, 5.41) is 3.40. The average Bonchev–Trinajstić information content (AvgIpc) is 2.75. The van der Waals surface area contributed by atoms with Crippen LogP contribution in [0.5, 0.6) is 0 Å². The Morgan fingerprint density at radius 3 is 2.90 bits per heavy atom. The van der Waals surface area contributed by atoms with Gasteiger partial charge in [-0.05, 0) is 25.3 Å². The van der Waals surface area contributed by atoms with Crippen LogP contribution in [0, 0.1) is 5.92 Å². The zero-order valence-corrected chi connectivity index (χ0v) is 13.0. The molecule has 5 heteroatoms. The van der Waals surface area contributed by atoms with Crippen LogP contribution in [-0.2, 0) is 14.3 Å². The first-order chi connectivity index (χ1) is 9.60. The van der Waals surface area contributed by atoms with E-state index < -0.39 is 5.54 Å². The highest BCUT2D eigenvalue weighted by Crippen LogP contribution is 2.35. The third kappa shape index (κ3) is 3.15. The molecule has 1 N–H and O–H groups in total. The molecular weight excluding hydrogens is 256 g/mol. The molecule has 116 valence electrons. The summed E-state index contributed by atoms with van der Waals surface area (Å²) in [6, 6.07) is 0. The molecule has 2 saturated heterocycles. The molecule has 20 heavy (non-hydrogen) atoms. The summed E-state index contributed by atoms with van der Waals surface area (Å²) in [4.78, 5) is 14.9. The highest BCUT2D eigenvalue weighted by molar-refractivity contribution is 5.81. The number of hydrogen-bond donors (Lipinski definition) is 1. The summed E-state index contributed by atoms with van der Waals surface area (Å²) in [5.74, 6) is 0.331. The first-order valence-electron chi connectivity index (χ1n) is 7.76. The third-order valence-electron chi connectivity index (χ3n) is 4.64. The van der Waals surface area contributed by atoms with Crippen LogP contribution in [0.2, 0.25) is 0 Å². The number of carbonyl (C=O) groups is 1. The lowest BCUT2D eigenvalue weighted by Crippen LogP contribution is -2.61. The lowest BCUT2D eigenvalue weighted by atomic mass is 9.81. The molecule has 2 rings (SSSR count). The molecule has 2 unspecified atom stereocenters. The number of nitrogens with one attached hydrogen (secondary N) is 1. The topological polar surface area (TPSA) is 50.8 Å². The van der Waals surface area contributed by atoms with E-state index in [9.17, 15) is 4.79 Å². The van der Waals surface area contributed by atoms with Crippen molar-refractivity contribution in [3.8, 4) is 0 Å². The van der Waals surface area contributed by atoms with Crippen LogP contribution in [0.4, 0.5) is 0 Å². The second kappa shape index (κ2) is 6.87. The molecule has 2 aliphatic rings. The molecule has 2 fully saturated rings. The van der Waals surface area contributed by atoms with E-state index in [0.29, 0.717) is 12.5 Å². The first kappa shape index (κ1) is 15.7. The molecule has 0 aromatic carbocycles. The van der Waals surface area contributed by atoms with E-state index >= 15 is 0 Å². The number of carbonyl (C=O) groups excluding carboxylic acids is 1. The van der Waals surface area contributed by atoms with Crippen LogP contribution in [-0.4, -0.2) is 62.4 Å². The highest BCUT2D eigenvalue weighted by atomic mass is 16.5. The van der Waals surface area contributed by atoms with Crippen molar-refractivity contribution in [1.82, 2.24) is 10.2 Å². The van der Waals surface area contributed by atoms with Gasteiger partial charge in [0.25, 0.3) is 0 Å². The van der Waals surface area contributed by atoms with Gasteiger partial charge in [-0.15, -0.1) is 0 Å². The molecule has 2 aliphatic heterocycles. The van der Waals surface area contributed by atoms with E-state index in [1.165, 1.54) is 7.11 Å². The summed E-state index contributed by atoms with van der Waals surface area (Å²) in [6.45, 7) is 8.77. The van der Waals surface area contributed by atoms with Gasteiger partial charge < -0.3 is 14.8 Å². The predicted molar refractivity (Wildman–Crippen MR) is 77.6 cm³/mol. The summed E-state index contributed by atoms with van der Waals surface area (Å²) >= 11 is 0. The molecule has 0 saturated carbocycles. The van der Waals surface area contributed by atoms with Gasteiger partial charge in [0, 0.05) is 32.7 Å². The molecule has 0 bridgehead atoms. The number of rotatable bonds is 3. The van der Waals surface area contributed by atoms with Gasteiger partial charge >= 0.3 is 5.97 Å². The van der Waals surface area contributed by atoms with E-state index in [1.54, 1.807) is 0 Å². The van der Waals surface area contributed by atoms with Gasteiger partial charge in [-0.25, -0.2) is 0 Å².